The molecule has 0 aromatic carbocycles. The van der Waals surface area contributed by atoms with Crippen LogP contribution in [-0.2, 0) is 14.6 Å². The van der Waals surface area contributed by atoms with Crippen LogP contribution in [0.15, 0.2) is 29.9 Å². The number of aromatic nitrogens is 2. The summed E-state index contributed by atoms with van der Waals surface area (Å²) in [6.07, 6.45) is 3.34. The Morgan fingerprint density at radius 1 is 1.35 bits per heavy atom. The quantitative estimate of drug-likeness (QED) is 0.893. The van der Waals surface area contributed by atoms with E-state index in [1.54, 1.807) is 37.7 Å². The highest BCUT2D eigenvalue weighted by molar-refractivity contribution is 7.94. The van der Waals surface area contributed by atoms with E-state index in [4.69, 9.17) is 0 Å². The number of nitrogens with zero attached hydrogens (tertiary/aromatic N) is 2. The molecule has 6 nitrogen and oxygen atoms in total. The van der Waals surface area contributed by atoms with Crippen LogP contribution in [0.2, 0.25) is 0 Å². The third kappa shape index (κ3) is 3.42. The highest BCUT2D eigenvalue weighted by Gasteiger charge is 2.43. The van der Waals surface area contributed by atoms with Gasteiger partial charge in [-0.1, -0.05) is 0 Å². The minimum atomic E-state index is -3.59. The van der Waals surface area contributed by atoms with Crippen molar-refractivity contribution in [3.05, 3.63) is 29.9 Å². The number of amides is 1. The molecule has 23 heavy (non-hydrogen) atoms. The Hall–Kier alpha value is -1.80. The number of sulfone groups is 1. The second-order valence-electron chi connectivity index (χ2n) is 5.84. The summed E-state index contributed by atoms with van der Waals surface area (Å²) in [5, 5.41) is 4.12. The molecule has 1 amide bonds. The lowest BCUT2D eigenvalue weighted by molar-refractivity contribution is -0.117. The number of anilines is 1. The van der Waals surface area contributed by atoms with Crippen LogP contribution in [0.3, 0.4) is 0 Å². The molecule has 0 aliphatic carbocycles. The zero-order valence-corrected chi connectivity index (χ0v) is 15.0. The Labute approximate surface area is 139 Å². The molecule has 2 aromatic rings. The summed E-state index contributed by atoms with van der Waals surface area (Å²) in [4.78, 5) is 20.7. The molecule has 0 unspecified atom stereocenters. The van der Waals surface area contributed by atoms with Crippen molar-refractivity contribution in [3.63, 3.8) is 0 Å². The molecule has 0 spiro atoms. The first-order valence-corrected chi connectivity index (χ1v) is 9.49. The second kappa shape index (κ2) is 6.37. The van der Waals surface area contributed by atoms with Gasteiger partial charge in [0.1, 0.15) is 4.75 Å². The Morgan fingerprint density at radius 3 is 2.61 bits per heavy atom. The lowest BCUT2D eigenvalue weighted by Gasteiger charge is -2.25. The van der Waals surface area contributed by atoms with E-state index in [0.717, 1.165) is 5.56 Å². The van der Waals surface area contributed by atoms with E-state index in [2.05, 4.69) is 15.3 Å². The Kier molecular flexibility index (Phi) is 4.86. The number of rotatable bonds is 5. The van der Waals surface area contributed by atoms with Crippen molar-refractivity contribution in [3.8, 4) is 11.3 Å². The molecule has 0 fully saturated rings. The zero-order valence-electron chi connectivity index (χ0n) is 13.4. The number of hydrogen-bond donors (Lipinski definition) is 1. The van der Waals surface area contributed by atoms with Crippen molar-refractivity contribution in [1.82, 2.24) is 9.97 Å². The molecule has 2 rings (SSSR count). The summed E-state index contributed by atoms with van der Waals surface area (Å²) < 4.78 is 23.1. The third-order valence-corrected chi connectivity index (χ3v) is 7.17. The van der Waals surface area contributed by atoms with Gasteiger partial charge in [0.2, 0.25) is 5.91 Å². The van der Waals surface area contributed by atoms with Crippen LogP contribution < -0.4 is 5.32 Å². The molecule has 0 radical (unpaired) electrons. The third-order valence-electron chi connectivity index (χ3n) is 3.56. The lowest BCUT2D eigenvalue weighted by atomic mass is 10.2. The molecule has 124 valence electrons. The van der Waals surface area contributed by atoms with Crippen molar-refractivity contribution in [2.75, 3.05) is 5.32 Å². The summed E-state index contributed by atoms with van der Waals surface area (Å²) in [6, 6.07) is 3.66. The summed E-state index contributed by atoms with van der Waals surface area (Å²) in [5.41, 5.74) is 1.52. The lowest BCUT2D eigenvalue weighted by Crippen LogP contribution is -2.47. The van der Waals surface area contributed by atoms with E-state index in [-0.39, 0.29) is 0 Å². The van der Waals surface area contributed by atoms with Gasteiger partial charge in [0, 0.05) is 23.3 Å². The van der Waals surface area contributed by atoms with Crippen molar-refractivity contribution in [1.29, 1.82) is 0 Å². The number of thiazole rings is 1. The van der Waals surface area contributed by atoms with Crippen LogP contribution in [-0.4, -0.2) is 34.3 Å². The van der Waals surface area contributed by atoms with Crippen molar-refractivity contribution >= 4 is 32.2 Å². The largest absolute Gasteiger partial charge is 0.301 e. The van der Waals surface area contributed by atoms with E-state index in [0.29, 0.717) is 10.8 Å². The number of carbonyl (C=O) groups excluding carboxylic acids is 1. The average Bonchev–Trinajstić information content (AvgIpc) is 2.96. The van der Waals surface area contributed by atoms with Gasteiger partial charge in [0.25, 0.3) is 0 Å². The molecule has 2 aromatic heterocycles. The highest BCUT2D eigenvalue weighted by atomic mass is 32.2. The smallest absolute Gasteiger partial charge is 0.247 e. The first-order chi connectivity index (χ1) is 10.7. The van der Waals surface area contributed by atoms with Gasteiger partial charge in [-0.3, -0.25) is 9.78 Å². The van der Waals surface area contributed by atoms with E-state index >= 15 is 0 Å². The Morgan fingerprint density at radius 2 is 2.04 bits per heavy atom. The summed E-state index contributed by atoms with van der Waals surface area (Å²) >= 11 is 1.24. The maximum atomic E-state index is 12.4. The van der Waals surface area contributed by atoms with Crippen LogP contribution in [0.4, 0.5) is 5.13 Å². The molecule has 1 N–H and O–H groups in total. The van der Waals surface area contributed by atoms with Crippen LogP contribution in [0.25, 0.3) is 11.3 Å². The van der Waals surface area contributed by atoms with Gasteiger partial charge in [-0.2, -0.15) is 0 Å². The number of pyridine rings is 1. The van der Waals surface area contributed by atoms with Gasteiger partial charge < -0.3 is 5.32 Å². The fraction of sp³-hybridized carbons (Fsp3) is 0.400. The number of hydrogen-bond acceptors (Lipinski definition) is 6. The van der Waals surface area contributed by atoms with E-state index in [1.807, 2.05) is 6.07 Å². The second-order valence-corrected chi connectivity index (χ2v) is 9.75. The Balaban J connectivity index is 2.20. The average molecular weight is 353 g/mol. The van der Waals surface area contributed by atoms with Gasteiger partial charge in [0.15, 0.2) is 15.0 Å². The maximum Gasteiger partial charge on any atom is 0.247 e. The molecule has 2 heterocycles. The molecule has 0 bridgehead atoms. The summed E-state index contributed by atoms with van der Waals surface area (Å²) in [6.45, 7) is 5.95. The monoisotopic (exact) mass is 353 g/mol. The number of nitrogens with one attached hydrogen (secondary N) is 1. The Bertz CT molecular complexity index is 796. The minimum absolute atomic E-state index is 0.362. The maximum absolute atomic E-state index is 12.4. The van der Waals surface area contributed by atoms with Crippen molar-refractivity contribution in [2.45, 2.75) is 37.7 Å². The first-order valence-electron chi connectivity index (χ1n) is 7.07. The summed E-state index contributed by atoms with van der Waals surface area (Å²) in [7, 11) is -3.59. The van der Waals surface area contributed by atoms with Crippen LogP contribution in [0.5, 0.6) is 0 Å². The van der Waals surface area contributed by atoms with Gasteiger partial charge in [-0.15, -0.1) is 11.3 Å². The molecule has 8 heteroatoms. The van der Waals surface area contributed by atoms with Crippen molar-refractivity contribution < 1.29 is 13.2 Å². The normalized spacial score (nSPS) is 12.4. The molecule has 0 saturated heterocycles. The van der Waals surface area contributed by atoms with E-state index in [1.165, 1.54) is 25.2 Å². The minimum Gasteiger partial charge on any atom is -0.301 e. The van der Waals surface area contributed by atoms with Gasteiger partial charge in [-0.05, 0) is 39.8 Å². The van der Waals surface area contributed by atoms with E-state index in [9.17, 15) is 13.2 Å². The van der Waals surface area contributed by atoms with Crippen LogP contribution >= 0.6 is 11.3 Å². The molecule has 0 aliphatic rings. The number of carbonyl (C=O) groups is 1. The van der Waals surface area contributed by atoms with Gasteiger partial charge in [0.05, 0.1) is 10.9 Å². The summed E-state index contributed by atoms with van der Waals surface area (Å²) in [5.74, 6) is -0.585. The molecule has 0 saturated carbocycles. The topological polar surface area (TPSA) is 89.0 Å². The van der Waals surface area contributed by atoms with Gasteiger partial charge >= 0.3 is 0 Å². The first kappa shape index (κ1) is 17.6. The molecule has 0 aliphatic heterocycles. The van der Waals surface area contributed by atoms with Crippen molar-refractivity contribution in [2.24, 2.45) is 0 Å². The zero-order chi connectivity index (χ0) is 17.3. The highest BCUT2D eigenvalue weighted by Crippen LogP contribution is 2.27. The predicted molar refractivity (Wildman–Crippen MR) is 92.1 cm³/mol. The standard InChI is InChI=1S/C15H19N3O3S2/c1-10(2)23(20,21)15(3,4)13(19)18-14-17-12(9-22-14)11-6-5-7-16-8-11/h5-10H,1-4H3,(H,17,18,19). The SMILES string of the molecule is CC(C)S(=O)(=O)C(C)(C)C(=O)Nc1nc(-c2cccnc2)cs1. The van der Waals surface area contributed by atoms with Gasteiger partial charge in [-0.25, -0.2) is 13.4 Å². The fourth-order valence-corrected chi connectivity index (χ4v) is 4.15. The molecule has 0 atom stereocenters. The molecular formula is C15H19N3O3S2. The van der Waals surface area contributed by atoms with E-state index < -0.39 is 25.7 Å². The predicted octanol–water partition coefficient (Wildman–Crippen LogP) is 2.75. The van der Waals surface area contributed by atoms with Crippen LogP contribution in [0.1, 0.15) is 27.7 Å². The molecular weight excluding hydrogens is 334 g/mol. The fourth-order valence-electron chi connectivity index (χ4n) is 1.94. The van der Waals surface area contributed by atoms with Crippen LogP contribution in [0, 0.1) is 0 Å².